The van der Waals surface area contributed by atoms with Crippen LogP contribution in [0.4, 0.5) is 20.2 Å². The molecule has 0 saturated carbocycles. The zero-order valence-electron chi connectivity index (χ0n) is 21.3. The zero-order valence-corrected chi connectivity index (χ0v) is 21.3. The van der Waals surface area contributed by atoms with E-state index in [-0.39, 0.29) is 35.9 Å². The molecule has 4 aromatic rings. The van der Waals surface area contributed by atoms with Crippen LogP contribution < -0.4 is 5.32 Å². The molecule has 0 aliphatic carbocycles. The highest BCUT2D eigenvalue weighted by Crippen LogP contribution is 2.36. The van der Waals surface area contributed by atoms with Crippen molar-refractivity contribution in [1.82, 2.24) is 4.98 Å². The number of benzene rings is 3. The van der Waals surface area contributed by atoms with E-state index in [1.54, 1.807) is 25.1 Å². The number of Topliss-reactive ketones (excluding diaryl/α,β-unsaturated/α-hetero) is 2. The Kier molecular flexibility index (Phi) is 8.07. The van der Waals surface area contributed by atoms with Gasteiger partial charge in [-0.15, -0.1) is 0 Å². The van der Waals surface area contributed by atoms with E-state index in [1.807, 2.05) is 44.2 Å². The maximum Gasteiger partial charge on any atom is 0.166 e. The summed E-state index contributed by atoms with van der Waals surface area (Å²) in [6.07, 6.45) is 3.26. The van der Waals surface area contributed by atoms with Gasteiger partial charge < -0.3 is 5.32 Å². The molecule has 0 amide bonds. The Balaban J connectivity index is 1.80. The highest BCUT2D eigenvalue weighted by Gasteiger charge is 2.19. The number of carbonyl (C=O) groups is 2. The largest absolute Gasteiger partial charge is 0.354 e. The molecule has 37 heavy (non-hydrogen) atoms. The van der Waals surface area contributed by atoms with Crippen molar-refractivity contribution in [2.75, 3.05) is 5.32 Å². The summed E-state index contributed by atoms with van der Waals surface area (Å²) < 4.78 is 30.4. The molecule has 0 radical (unpaired) electrons. The van der Waals surface area contributed by atoms with Gasteiger partial charge in [-0.05, 0) is 47.7 Å². The Labute approximate surface area is 215 Å². The number of hydrogen-bond acceptors (Lipinski definition) is 4. The summed E-state index contributed by atoms with van der Waals surface area (Å²) in [7, 11) is 0. The van der Waals surface area contributed by atoms with Crippen LogP contribution in [0.5, 0.6) is 0 Å². The van der Waals surface area contributed by atoms with Crippen LogP contribution in [-0.2, 0) is 4.79 Å². The van der Waals surface area contributed by atoms with Gasteiger partial charge in [0, 0.05) is 48.2 Å². The summed E-state index contributed by atoms with van der Waals surface area (Å²) in [5.74, 6) is -1.30. The minimum atomic E-state index is -0.543. The molecular formula is C31H30F2N2O2. The van der Waals surface area contributed by atoms with E-state index in [2.05, 4.69) is 10.3 Å². The van der Waals surface area contributed by atoms with Gasteiger partial charge >= 0.3 is 0 Å². The van der Waals surface area contributed by atoms with Crippen molar-refractivity contribution in [3.05, 3.63) is 89.6 Å². The Bertz CT molecular complexity index is 1450. The van der Waals surface area contributed by atoms with Crippen LogP contribution in [0.3, 0.4) is 0 Å². The maximum absolute atomic E-state index is 15.2. The summed E-state index contributed by atoms with van der Waals surface area (Å²) >= 11 is 0. The molecule has 0 fully saturated rings. The van der Waals surface area contributed by atoms with Gasteiger partial charge in [-0.1, -0.05) is 51.1 Å². The van der Waals surface area contributed by atoms with Crippen molar-refractivity contribution in [2.45, 2.75) is 52.4 Å². The second kappa shape index (κ2) is 11.4. The number of nitrogens with one attached hydrogen (secondary N) is 1. The molecule has 3 aromatic carbocycles. The molecule has 190 valence electrons. The lowest BCUT2D eigenvalue weighted by molar-refractivity contribution is -0.119. The Morgan fingerprint density at radius 3 is 2.41 bits per heavy atom. The fourth-order valence-corrected chi connectivity index (χ4v) is 4.56. The quantitative estimate of drug-likeness (QED) is 0.222. The summed E-state index contributed by atoms with van der Waals surface area (Å²) in [5, 5.41) is 3.86. The lowest BCUT2D eigenvalue weighted by atomic mass is 9.91. The summed E-state index contributed by atoms with van der Waals surface area (Å²) in [5.41, 5.74) is 3.09. The van der Waals surface area contributed by atoms with Crippen LogP contribution in [0.15, 0.2) is 66.9 Å². The molecule has 4 nitrogen and oxygen atoms in total. The van der Waals surface area contributed by atoms with Crippen molar-refractivity contribution < 1.29 is 18.4 Å². The van der Waals surface area contributed by atoms with Gasteiger partial charge in [-0.3, -0.25) is 14.6 Å². The standard InChI is InChI=1S/C31H30F2N2O2/c1-4-9-22(36)14-19(3)23-13-12-20(15-27(23)32)24-16-25-29(17-28(24)33)34-18-26(30(37)5-2)31(25)35-21-10-7-6-8-11-21/h6-8,10-13,15-19H,4-5,9,14H2,1-3H3,(H,34,35). The molecule has 1 aromatic heterocycles. The third-order valence-corrected chi connectivity index (χ3v) is 6.53. The number of para-hydroxylation sites is 1. The average Bonchev–Trinajstić information content (AvgIpc) is 2.88. The molecule has 0 saturated heterocycles. The van der Waals surface area contributed by atoms with Gasteiger partial charge in [0.2, 0.25) is 0 Å². The van der Waals surface area contributed by atoms with Crippen LogP contribution in [0.2, 0.25) is 0 Å². The molecular weight excluding hydrogens is 470 g/mol. The van der Waals surface area contributed by atoms with Crippen LogP contribution >= 0.6 is 0 Å². The number of aromatic nitrogens is 1. The third-order valence-electron chi connectivity index (χ3n) is 6.53. The number of carbonyl (C=O) groups excluding carboxylic acids is 2. The highest BCUT2D eigenvalue weighted by atomic mass is 19.1. The van der Waals surface area contributed by atoms with Crippen molar-refractivity contribution in [1.29, 1.82) is 0 Å². The summed E-state index contributed by atoms with van der Waals surface area (Å²) in [6, 6.07) is 16.9. The topological polar surface area (TPSA) is 59.1 Å². The van der Waals surface area contributed by atoms with E-state index >= 15 is 8.78 Å². The number of rotatable bonds is 10. The monoisotopic (exact) mass is 500 g/mol. The van der Waals surface area contributed by atoms with Crippen LogP contribution in [0.25, 0.3) is 22.0 Å². The molecule has 0 aliphatic heterocycles. The number of anilines is 2. The van der Waals surface area contributed by atoms with Gasteiger partial charge in [-0.2, -0.15) is 0 Å². The molecule has 0 spiro atoms. The Morgan fingerprint density at radius 1 is 0.973 bits per heavy atom. The molecule has 0 aliphatic rings. The molecule has 6 heteroatoms. The van der Waals surface area contributed by atoms with Crippen LogP contribution in [-0.4, -0.2) is 16.6 Å². The first kappa shape index (κ1) is 26.1. The smallest absolute Gasteiger partial charge is 0.166 e. The lowest BCUT2D eigenvalue weighted by Gasteiger charge is -2.16. The van der Waals surface area contributed by atoms with E-state index in [0.29, 0.717) is 39.7 Å². The van der Waals surface area contributed by atoms with Crippen LogP contribution in [0.1, 0.15) is 68.3 Å². The first-order chi connectivity index (χ1) is 17.8. The van der Waals surface area contributed by atoms with Crippen molar-refractivity contribution in [2.24, 2.45) is 0 Å². The highest BCUT2D eigenvalue weighted by molar-refractivity contribution is 6.09. The van der Waals surface area contributed by atoms with Crippen LogP contribution in [0, 0.1) is 11.6 Å². The predicted octanol–water partition coefficient (Wildman–Crippen LogP) is 8.38. The predicted molar refractivity (Wildman–Crippen MR) is 144 cm³/mol. The molecule has 1 N–H and O–H groups in total. The Hall–Kier alpha value is -3.93. The number of halogens is 2. The van der Waals surface area contributed by atoms with Gasteiger partial charge in [0.1, 0.15) is 17.4 Å². The van der Waals surface area contributed by atoms with Gasteiger partial charge in [0.05, 0.1) is 16.8 Å². The fourth-order valence-electron chi connectivity index (χ4n) is 4.56. The van der Waals surface area contributed by atoms with E-state index in [0.717, 1.165) is 12.1 Å². The number of hydrogen-bond donors (Lipinski definition) is 1. The van der Waals surface area contributed by atoms with E-state index in [1.165, 1.54) is 18.3 Å². The normalized spacial score (nSPS) is 11.9. The van der Waals surface area contributed by atoms with E-state index in [9.17, 15) is 9.59 Å². The van der Waals surface area contributed by atoms with Crippen molar-refractivity contribution >= 4 is 33.8 Å². The third kappa shape index (κ3) is 5.74. The Morgan fingerprint density at radius 2 is 1.73 bits per heavy atom. The second-order valence-electron chi connectivity index (χ2n) is 9.29. The van der Waals surface area contributed by atoms with E-state index in [4.69, 9.17) is 0 Å². The first-order valence-corrected chi connectivity index (χ1v) is 12.6. The number of pyridine rings is 1. The second-order valence-corrected chi connectivity index (χ2v) is 9.29. The maximum atomic E-state index is 15.2. The van der Waals surface area contributed by atoms with E-state index < -0.39 is 11.6 Å². The van der Waals surface area contributed by atoms with Gasteiger partial charge in [0.25, 0.3) is 0 Å². The van der Waals surface area contributed by atoms with Gasteiger partial charge in [-0.25, -0.2) is 8.78 Å². The number of ketones is 2. The fraction of sp³-hybridized carbons (Fsp3) is 0.258. The van der Waals surface area contributed by atoms with Crippen molar-refractivity contribution in [3.8, 4) is 11.1 Å². The number of nitrogens with zero attached hydrogens (tertiary/aromatic N) is 1. The lowest BCUT2D eigenvalue weighted by Crippen LogP contribution is -2.06. The molecule has 4 rings (SSSR count). The minimum absolute atomic E-state index is 0.0966. The van der Waals surface area contributed by atoms with Gasteiger partial charge in [0.15, 0.2) is 5.78 Å². The first-order valence-electron chi connectivity index (χ1n) is 12.6. The molecule has 0 bridgehead atoms. The summed E-state index contributed by atoms with van der Waals surface area (Å²) in [6.45, 7) is 5.53. The average molecular weight is 501 g/mol. The molecule has 1 atom stereocenters. The zero-order chi connectivity index (χ0) is 26.5. The molecule has 1 unspecified atom stereocenters. The minimum Gasteiger partial charge on any atom is -0.354 e. The summed E-state index contributed by atoms with van der Waals surface area (Å²) in [4.78, 5) is 29.1. The molecule has 1 heterocycles. The SMILES string of the molecule is CCCC(=O)CC(C)c1ccc(-c2cc3c(Nc4ccccc4)c(C(=O)CC)cnc3cc2F)cc1F. The number of fused-ring (bicyclic) bond motifs is 1. The van der Waals surface area contributed by atoms with Crippen molar-refractivity contribution in [3.63, 3.8) is 0 Å².